The molecule has 2 fully saturated rings. The van der Waals surface area contributed by atoms with Crippen LogP contribution in [0.15, 0.2) is 97.1 Å². The molecule has 0 radical (unpaired) electrons. The number of fused-ring (bicyclic) bond motifs is 2. The van der Waals surface area contributed by atoms with Crippen molar-refractivity contribution in [2.24, 2.45) is 0 Å². The number of carbonyl (C=O) groups excluding carboxylic acids is 4. The number of nitrogens with zero attached hydrogens (tertiary/aromatic N) is 3. The highest BCUT2D eigenvalue weighted by Gasteiger charge is 2.45. The molecule has 0 aromatic heterocycles. The molecule has 14 nitrogen and oxygen atoms in total. The van der Waals surface area contributed by atoms with E-state index >= 15 is 0 Å². The SMILES string of the molecule is CCOC(=O)C(C)N1C(=O)COc2ccc(OC3(C)CN(C(c4ccccc4)c4ccccc4)C3)cc21.CCOC(=O)C(C)N1C(=O)COc2ccc(OC3(C)CNC3)cc21. The molecule has 2 amide bonds. The number of hydrogen-bond acceptors (Lipinski definition) is 12. The molecule has 0 spiro atoms. The van der Waals surface area contributed by atoms with Crippen molar-refractivity contribution in [1.29, 1.82) is 0 Å². The van der Waals surface area contributed by atoms with Gasteiger partial charge in [-0.3, -0.25) is 24.3 Å². The Kier molecular flexibility index (Phi) is 12.9. The van der Waals surface area contributed by atoms with E-state index in [1.165, 1.54) is 20.9 Å². The average molecular weight is 835 g/mol. The molecule has 4 aromatic carbocycles. The van der Waals surface area contributed by atoms with E-state index in [-0.39, 0.29) is 49.9 Å². The van der Waals surface area contributed by atoms with Gasteiger partial charge in [0.1, 0.15) is 46.3 Å². The number of anilines is 2. The normalized spacial score (nSPS) is 18.3. The van der Waals surface area contributed by atoms with Gasteiger partial charge in [0, 0.05) is 38.3 Å². The molecule has 2 atom stereocenters. The largest absolute Gasteiger partial charge is 0.485 e. The molecular weight excluding hydrogens is 781 g/mol. The minimum absolute atomic E-state index is 0.0986. The Morgan fingerprint density at radius 3 is 1.48 bits per heavy atom. The van der Waals surface area contributed by atoms with E-state index in [1.54, 1.807) is 52.0 Å². The van der Waals surface area contributed by atoms with Crippen LogP contribution in [-0.2, 0) is 28.7 Å². The topological polar surface area (TPSA) is 145 Å². The third-order valence-corrected chi connectivity index (χ3v) is 11.0. The molecule has 4 aromatic rings. The van der Waals surface area contributed by atoms with Gasteiger partial charge in [0.2, 0.25) is 0 Å². The summed E-state index contributed by atoms with van der Waals surface area (Å²) in [6.07, 6.45) is 0. The molecule has 8 rings (SSSR count). The highest BCUT2D eigenvalue weighted by atomic mass is 16.5. The highest BCUT2D eigenvalue weighted by molar-refractivity contribution is 6.03. The second-order valence-corrected chi connectivity index (χ2v) is 16.1. The van der Waals surface area contributed by atoms with Gasteiger partial charge in [-0.2, -0.15) is 0 Å². The Balaban J connectivity index is 0.000000202. The van der Waals surface area contributed by atoms with Gasteiger partial charge < -0.3 is 33.7 Å². The van der Waals surface area contributed by atoms with Crippen molar-refractivity contribution >= 4 is 35.1 Å². The van der Waals surface area contributed by atoms with Crippen molar-refractivity contribution in [2.75, 3.05) is 62.4 Å². The summed E-state index contributed by atoms with van der Waals surface area (Å²) in [5, 5.41) is 3.17. The highest BCUT2D eigenvalue weighted by Crippen LogP contribution is 2.42. The first kappa shape index (κ1) is 43.0. The minimum atomic E-state index is -0.766. The van der Waals surface area contributed by atoms with Gasteiger partial charge in [-0.25, -0.2) is 9.59 Å². The molecule has 4 heterocycles. The van der Waals surface area contributed by atoms with Crippen LogP contribution in [0.1, 0.15) is 58.7 Å². The zero-order chi connectivity index (χ0) is 43.3. The Hall–Kier alpha value is -6.12. The van der Waals surface area contributed by atoms with E-state index in [1.807, 2.05) is 31.2 Å². The molecule has 0 aliphatic carbocycles. The van der Waals surface area contributed by atoms with Crippen LogP contribution in [-0.4, -0.2) is 105 Å². The smallest absolute Gasteiger partial charge is 0.328 e. The Labute approximate surface area is 356 Å². The maximum Gasteiger partial charge on any atom is 0.328 e. The van der Waals surface area contributed by atoms with Crippen molar-refractivity contribution in [3.05, 3.63) is 108 Å². The number of rotatable bonds is 13. The number of ether oxygens (including phenoxy) is 6. The second-order valence-electron chi connectivity index (χ2n) is 16.1. The van der Waals surface area contributed by atoms with Crippen LogP contribution in [0.4, 0.5) is 11.4 Å². The van der Waals surface area contributed by atoms with Crippen molar-refractivity contribution in [3.63, 3.8) is 0 Å². The van der Waals surface area contributed by atoms with Gasteiger partial charge in [0.15, 0.2) is 13.2 Å². The Bertz CT molecular complexity index is 2170. The number of benzene rings is 4. The van der Waals surface area contributed by atoms with Crippen molar-refractivity contribution in [2.45, 2.75) is 70.9 Å². The van der Waals surface area contributed by atoms with E-state index in [0.717, 1.165) is 26.2 Å². The molecule has 322 valence electrons. The molecule has 61 heavy (non-hydrogen) atoms. The third kappa shape index (κ3) is 9.45. The van der Waals surface area contributed by atoms with Crippen LogP contribution in [0.5, 0.6) is 23.0 Å². The van der Waals surface area contributed by atoms with E-state index in [2.05, 4.69) is 65.7 Å². The summed E-state index contributed by atoms with van der Waals surface area (Å²) in [5.74, 6) is 0.876. The lowest BCUT2D eigenvalue weighted by atomic mass is 9.88. The first-order chi connectivity index (χ1) is 29.3. The monoisotopic (exact) mass is 834 g/mol. The quantitative estimate of drug-likeness (QED) is 0.165. The van der Waals surface area contributed by atoms with E-state index in [0.29, 0.717) is 34.4 Å². The third-order valence-electron chi connectivity index (χ3n) is 11.0. The lowest BCUT2D eigenvalue weighted by molar-refractivity contribution is -0.146. The van der Waals surface area contributed by atoms with Crippen LogP contribution >= 0.6 is 0 Å². The molecule has 0 saturated carbocycles. The van der Waals surface area contributed by atoms with Gasteiger partial charge in [0.05, 0.1) is 30.6 Å². The van der Waals surface area contributed by atoms with Crippen molar-refractivity contribution < 1.29 is 47.6 Å². The Morgan fingerprint density at radius 2 is 1.08 bits per heavy atom. The maximum atomic E-state index is 12.7. The molecule has 2 unspecified atom stereocenters. The number of hydrogen-bond donors (Lipinski definition) is 1. The van der Waals surface area contributed by atoms with Gasteiger partial charge in [-0.05, 0) is 76.9 Å². The summed E-state index contributed by atoms with van der Waals surface area (Å²) in [5.41, 5.74) is 2.85. The van der Waals surface area contributed by atoms with Crippen LogP contribution in [0.2, 0.25) is 0 Å². The number of amides is 2. The molecule has 4 aliphatic rings. The zero-order valence-corrected chi connectivity index (χ0v) is 35.6. The fraction of sp³-hybridized carbons (Fsp3) is 0.404. The summed E-state index contributed by atoms with van der Waals surface area (Å²) < 4.78 is 33.8. The van der Waals surface area contributed by atoms with E-state index in [4.69, 9.17) is 28.4 Å². The van der Waals surface area contributed by atoms with Crippen LogP contribution in [0.25, 0.3) is 0 Å². The molecular formula is C47H54N4O10. The lowest BCUT2D eigenvalue weighted by Gasteiger charge is -2.51. The predicted molar refractivity (Wildman–Crippen MR) is 228 cm³/mol. The van der Waals surface area contributed by atoms with E-state index < -0.39 is 29.6 Å². The van der Waals surface area contributed by atoms with Gasteiger partial charge in [-0.1, -0.05) is 60.7 Å². The summed E-state index contributed by atoms with van der Waals surface area (Å²) in [4.78, 5) is 54.8. The average Bonchev–Trinajstić information content (AvgIpc) is 3.23. The molecule has 14 heteroatoms. The molecule has 1 N–H and O–H groups in total. The number of nitrogens with one attached hydrogen (secondary N) is 1. The van der Waals surface area contributed by atoms with Gasteiger partial charge in [-0.15, -0.1) is 0 Å². The molecule has 4 aliphatic heterocycles. The summed E-state index contributed by atoms with van der Waals surface area (Å²) in [6.45, 7) is 14.2. The number of carbonyl (C=O) groups is 4. The first-order valence-electron chi connectivity index (χ1n) is 20.8. The van der Waals surface area contributed by atoms with Gasteiger partial charge >= 0.3 is 11.9 Å². The minimum Gasteiger partial charge on any atom is -0.485 e. The fourth-order valence-corrected chi connectivity index (χ4v) is 8.08. The molecule has 0 bridgehead atoms. The summed E-state index contributed by atoms with van der Waals surface area (Å²) >= 11 is 0. The number of esters is 2. The summed E-state index contributed by atoms with van der Waals surface area (Å²) in [6, 6.07) is 30.4. The standard InChI is InChI=1S/C30H32N2O5.C17H22N2O5/c1-4-35-29(34)21(2)32-25-17-24(15-16-26(25)36-18-27(32)33)37-30(3)19-31(20-30)28(22-11-7-5-8-12-22)23-13-9-6-10-14-23;1-4-22-16(21)11(2)19-13-7-12(24-17(3)9-18-10-17)5-6-14(13)23-8-15(19)20/h5-17,21,28H,4,18-20H2,1-3H3;5-7,11,18H,4,8-10H2,1-3H3. The first-order valence-corrected chi connectivity index (χ1v) is 20.8. The zero-order valence-electron chi connectivity index (χ0n) is 35.6. The second kappa shape index (κ2) is 18.2. The van der Waals surface area contributed by atoms with Crippen LogP contribution < -0.4 is 34.1 Å². The van der Waals surface area contributed by atoms with Crippen LogP contribution in [0, 0.1) is 0 Å². The maximum absolute atomic E-state index is 12.7. The van der Waals surface area contributed by atoms with E-state index in [9.17, 15) is 19.2 Å². The Morgan fingerprint density at radius 1 is 0.656 bits per heavy atom. The fourth-order valence-electron chi connectivity index (χ4n) is 8.08. The summed E-state index contributed by atoms with van der Waals surface area (Å²) in [7, 11) is 0. The van der Waals surface area contributed by atoms with Crippen molar-refractivity contribution in [3.8, 4) is 23.0 Å². The molecule has 2 saturated heterocycles. The number of likely N-dealkylation sites (tertiary alicyclic amines) is 1. The predicted octanol–water partition coefficient (Wildman–Crippen LogP) is 5.71. The van der Waals surface area contributed by atoms with Crippen molar-refractivity contribution in [1.82, 2.24) is 10.2 Å². The lowest BCUT2D eigenvalue weighted by Crippen LogP contribution is -2.63. The van der Waals surface area contributed by atoms with Gasteiger partial charge in [0.25, 0.3) is 11.8 Å². The van der Waals surface area contributed by atoms with Crippen LogP contribution in [0.3, 0.4) is 0 Å².